The van der Waals surface area contributed by atoms with Crippen LogP contribution in [0.1, 0.15) is 36.2 Å². The molecule has 16 atom stereocenters. The molecule has 3 heterocycles. The molecule has 5 rings (SSSR count). The van der Waals surface area contributed by atoms with Crippen LogP contribution in [0.5, 0.6) is 5.75 Å². The van der Waals surface area contributed by atoms with Gasteiger partial charge in [-0.15, -0.1) is 0 Å². The number of ether oxygens (including phenoxy) is 7. The molecule has 1 amide bonds. The summed E-state index contributed by atoms with van der Waals surface area (Å²) in [5, 5.41) is 120. The molecule has 3 saturated heterocycles. The first-order valence-corrected chi connectivity index (χ1v) is 20.0. The number of phenols is 1. The van der Waals surface area contributed by atoms with E-state index < -0.39 is 146 Å². The van der Waals surface area contributed by atoms with E-state index in [2.05, 4.69) is 5.32 Å². The van der Waals surface area contributed by atoms with E-state index in [4.69, 9.17) is 38.9 Å². The van der Waals surface area contributed by atoms with Crippen LogP contribution in [0.2, 0.25) is 0 Å². The fourth-order valence-electron chi connectivity index (χ4n) is 7.25. The topological polar surface area (TPSA) is 382 Å². The number of aromatic hydroxyl groups is 1. The largest absolute Gasteiger partial charge is 0.502 e. The number of nitro groups is 1. The molecule has 3 aliphatic heterocycles. The van der Waals surface area contributed by atoms with Crippen molar-refractivity contribution in [2.45, 2.75) is 125 Å². The lowest BCUT2D eigenvalue weighted by Gasteiger charge is -2.48. The predicted molar refractivity (Wildman–Crippen MR) is 209 cm³/mol. The maximum absolute atomic E-state index is 13.6. The molecule has 0 aliphatic carbocycles. The minimum Gasteiger partial charge on any atom is -0.502 e. The van der Waals surface area contributed by atoms with E-state index in [1.807, 2.05) is 13.8 Å². The Bertz CT molecular complexity index is 1840. The molecule has 0 radical (unpaired) electrons. The molecule has 24 nitrogen and oxygen atoms in total. The maximum Gasteiger partial charge on any atom is 0.340 e. The Morgan fingerprint density at radius 2 is 1.33 bits per heavy atom. The van der Waals surface area contributed by atoms with Gasteiger partial charge in [0.15, 0.2) is 30.7 Å². The van der Waals surface area contributed by atoms with Crippen molar-refractivity contribution in [3.05, 3.63) is 63.7 Å². The molecule has 0 unspecified atom stereocenters. The van der Waals surface area contributed by atoms with Gasteiger partial charge in [0.25, 0.3) is 0 Å². The predicted octanol–water partition coefficient (Wildman–Crippen LogP) is -3.52. The van der Waals surface area contributed by atoms with Gasteiger partial charge in [-0.3, -0.25) is 14.9 Å². The zero-order chi connectivity index (χ0) is 46.3. The van der Waals surface area contributed by atoms with Crippen molar-refractivity contribution in [1.82, 2.24) is 0 Å². The summed E-state index contributed by atoms with van der Waals surface area (Å²) in [5.41, 5.74) is 5.62. The first-order chi connectivity index (χ1) is 29.9. The van der Waals surface area contributed by atoms with Gasteiger partial charge in [-0.2, -0.15) is 0 Å². The van der Waals surface area contributed by atoms with Gasteiger partial charge in [-0.25, -0.2) is 4.79 Å². The van der Waals surface area contributed by atoms with Gasteiger partial charge >= 0.3 is 11.7 Å². The van der Waals surface area contributed by atoms with E-state index in [1.165, 1.54) is 30.3 Å². The van der Waals surface area contributed by atoms with Crippen LogP contribution in [0, 0.1) is 16.0 Å². The Balaban J connectivity index is 1.26. The van der Waals surface area contributed by atoms with Gasteiger partial charge in [0.2, 0.25) is 5.91 Å². The summed E-state index contributed by atoms with van der Waals surface area (Å²) < 4.78 is 39.6. The second kappa shape index (κ2) is 22.2. The van der Waals surface area contributed by atoms with E-state index >= 15 is 0 Å². The summed E-state index contributed by atoms with van der Waals surface area (Å²) >= 11 is 0. The minimum atomic E-state index is -2.09. The molecule has 3 fully saturated rings. The molecule has 0 bridgehead atoms. The minimum absolute atomic E-state index is 0.0112. The Kier molecular flexibility index (Phi) is 17.6. The molecule has 24 heteroatoms. The van der Waals surface area contributed by atoms with Gasteiger partial charge in [-0.05, 0) is 42.5 Å². The van der Waals surface area contributed by atoms with Crippen molar-refractivity contribution in [3.8, 4) is 5.75 Å². The first-order valence-electron chi connectivity index (χ1n) is 20.0. The lowest BCUT2D eigenvalue weighted by atomic mass is 9.96. The SMILES string of the molecule is CC(C)C[C@H](N)C(=O)Nc1ccccc1C(=O)O[C@H]1[C@H](O[C@H]2[C@H](O)[C@@H](O)[C@H](O[C@H]3[C@H](O)[C@@H](O)[C@H](OCCc4ccc(O)c([N+](=O)[O-])c4)O[C@@H]3CO)O[C@@H]2CO)O[C@H](CO)[C@@H](O)[C@@H]1O. The maximum atomic E-state index is 13.6. The third-order valence-electron chi connectivity index (χ3n) is 10.7. The summed E-state index contributed by atoms with van der Waals surface area (Å²) in [5.74, 6) is -2.22. The summed E-state index contributed by atoms with van der Waals surface area (Å²) in [6.07, 6.45) is -26.8. The highest BCUT2D eigenvalue weighted by Gasteiger charge is 2.54. The Labute approximate surface area is 359 Å². The van der Waals surface area contributed by atoms with E-state index in [9.17, 15) is 70.8 Å². The molecule has 0 saturated carbocycles. The first kappa shape index (κ1) is 49.9. The number of nitrogens with zero attached hydrogens (tertiary/aromatic N) is 1. The molecular formula is C39H55N3O21. The Morgan fingerprint density at radius 3 is 1.94 bits per heavy atom. The van der Waals surface area contributed by atoms with Crippen molar-refractivity contribution in [3.63, 3.8) is 0 Å². The van der Waals surface area contributed by atoms with Gasteiger partial charge in [0, 0.05) is 6.07 Å². The number of benzene rings is 2. The van der Waals surface area contributed by atoms with E-state index in [1.54, 1.807) is 0 Å². The molecule has 3 aliphatic rings. The van der Waals surface area contributed by atoms with Gasteiger partial charge in [-0.1, -0.05) is 32.0 Å². The number of aliphatic hydroxyl groups excluding tert-OH is 9. The number of carbonyl (C=O) groups is 2. The smallest absolute Gasteiger partial charge is 0.340 e. The third kappa shape index (κ3) is 11.8. The zero-order valence-electron chi connectivity index (χ0n) is 34.1. The van der Waals surface area contributed by atoms with Crippen LogP contribution in [-0.4, -0.2) is 192 Å². The van der Waals surface area contributed by atoms with Crippen LogP contribution in [0.3, 0.4) is 0 Å². The monoisotopic (exact) mass is 901 g/mol. The van der Waals surface area contributed by atoms with Gasteiger partial charge in [0.1, 0.15) is 67.1 Å². The van der Waals surface area contributed by atoms with Crippen molar-refractivity contribution in [2.75, 3.05) is 31.7 Å². The number of hydrogen-bond acceptors (Lipinski definition) is 22. The van der Waals surface area contributed by atoms with Crippen LogP contribution in [0.4, 0.5) is 11.4 Å². The van der Waals surface area contributed by atoms with Crippen LogP contribution < -0.4 is 11.1 Å². The fourth-order valence-corrected chi connectivity index (χ4v) is 7.25. The number of aliphatic hydroxyl groups is 9. The number of hydrogen-bond donors (Lipinski definition) is 12. The molecular weight excluding hydrogens is 846 g/mol. The fraction of sp³-hybridized carbons (Fsp3) is 0.641. The van der Waals surface area contributed by atoms with Crippen molar-refractivity contribution in [2.24, 2.45) is 11.7 Å². The second-order valence-electron chi connectivity index (χ2n) is 15.7. The van der Waals surface area contributed by atoms with Crippen molar-refractivity contribution in [1.29, 1.82) is 0 Å². The normalized spacial score (nSPS) is 34.0. The molecule has 352 valence electrons. The quantitative estimate of drug-likeness (QED) is 0.0392. The molecule has 0 aromatic heterocycles. The van der Waals surface area contributed by atoms with Gasteiger partial charge in [0.05, 0.1) is 48.6 Å². The number of esters is 1. The summed E-state index contributed by atoms with van der Waals surface area (Å²) in [6.45, 7) is 0.843. The van der Waals surface area contributed by atoms with E-state index in [0.29, 0.717) is 12.0 Å². The van der Waals surface area contributed by atoms with Crippen molar-refractivity contribution >= 4 is 23.3 Å². The lowest BCUT2D eigenvalue weighted by molar-refractivity contribution is -0.385. The molecule has 2 aromatic rings. The summed E-state index contributed by atoms with van der Waals surface area (Å²) in [4.78, 5) is 36.8. The Hall–Kier alpha value is -4.06. The average Bonchev–Trinajstić information content (AvgIpc) is 3.25. The molecule has 13 N–H and O–H groups in total. The number of nitro benzene ring substituents is 1. The number of phenolic OH excluding ortho intramolecular Hbond substituents is 1. The summed E-state index contributed by atoms with van der Waals surface area (Å²) in [6, 6.07) is 8.39. The van der Waals surface area contributed by atoms with Crippen LogP contribution in [0.25, 0.3) is 0 Å². The van der Waals surface area contributed by atoms with Gasteiger partial charge < -0.3 is 95.3 Å². The average molecular weight is 902 g/mol. The Morgan fingerprint density at radius 1 is 0.778 bits per heavy atom. The van der Waals surface area contributed by atoms with Crippen LogP contribution >= 0.6 is 0 Å². The highest BCUT2D eigenvalue weighted by Crippen LogP contribution is 2.34. The zero-order valence-corrected chi connectivity index (χ0v) is 34.1. The number of amides is 1. The van der Waals surface area contributed by atoms with E-state index in [0.717, 1.165) is 12.1 Å². The number of anilines is 1. The van der Waals surface area contributed by atoms with Crippen LogP contribution in [-0.2, 0) is 44.4 Å². The molecule has 2 aromatic carbocycles. The third-order valence-corrected chi connectivity index (χ3v) is 10.7. The number of carbonyl (C=O) groups excluding carboxylic acids is 2. The van der Waals surface area contributed by atoms with Crippen LogP contribution in [0.15, 0.2) is 42.5 Å². The molecule has 63 heavy (non-hydrogen) atoms. The molecule has 0 spiro atoms. The number of rotatable bonds is 18. The van der Waals surface area contributed by atoms with Crippen molar-refractivity contribution < 1.29 is 98.7 Å². The highest BCUT2D eigenvalue weighted by atomic mass is 16.8. The number of nitrogens with one attached hydrogen (secondary N) is 1. The highest BCUT2D eigenvalue weighted by molar-refractivity contribution is 6.02. The van der Waals surface area contributed by atoms with E-state index in [-0.39, 0.29) is 30.2 Å². The standard InChI is InChI=1S/C39H55N3O21/c1-16(2)11-19(40)35(53)41-20-6-4-3-5-18(20)36(54)61-34-27(48)26(47)23(13-43)58-39(34)63-33-25(15-45)60-38(31(52)29(33)50)62-32-24(14-44)59-37(30(51)28(32)49)57-10-9-17-7-8-22(46)21(12-17)42(55)56/h3-8,12,16,19,23-34,37-39,43-52H,9-11,13-15,40H2,1-2H3,(H,41,53)/t19-,23+,24+,25+,26+,27-,28+,29+,30+,31+,32+,33+,34+,37+,38-,39-/m0/s1. The number of para-hydroxylation sites is 1. The second-order valence-corrected chi connectivity index (χ2v) is 15.7. The summed E-state index contributed by atoms with van der Waals surface area (Å²) in [7, 11) is 0. The lowest BCUT2D eigenvalue weighted by Crippen LogP contribution is -2.67. The number of nitrogens with two attached hydrogens (primary N) is 1.